The molecule has 1 heterocycles. The summed E-state index contributed by atoms with van der Waals surface area (Å²) >= 11 is 1.74. The molecule has 19 heavy (non-hydrogen) atoms. The molecule has 0 bridgehead atoms. The first-order valence-corrected chi connectivity index (χ1v) is 7.22. The molecule has 1 aromatic heterocycles. The Kier molecular flexibility index (Phi) is 3.60. The fourth-order valence-corrected chi connectivity index (χ4v) is 3.12. The van der Waals surface area contributed by atoms with Crippen molar-refractivity contribution in [3.05, 3.63) is 70.4 Å². The van der Waals surface area contributed by atoms with Gasteiger partial charge >= 0.3 is 0 Å². The topological polar surface area (TPSA) is 38.0 Å². The number of rotatable bonds is 4. The third kappa shape index (κ3) is 2.68. The lowest BCUT2D eigenvalue weighted by Crippen LogP contribution is -2.28. The molecule has 0 aliphatic rings. The van der Waals surface area contributed by atoms with Crippen LogP contribution in [0.15, 0.2) is 60.0 Å². The minimum Gasteiger partial charge on any atom is -0.271 e. The monoisotopic (exact) mass is 268 g/mol. The van der Waals surface area contributed by atoms with E-state index in [0.717, 1.165) is 6.42 Å². The van der Waals surface area contributed by atoms with Gasteiger partial charge in [-0.05, 0) is 34.2 Å². The number of nitrogens with two attached hydrogens (primary N) is 1. The van der Waals surface area contributed by atoms with Gasteiger partial charge in [0.25, 0.3) is 0 Å². The summed E-state index contributed by atoms with van der Waals surface area (Å²) < 4.78 is 0. The van der Waals surface area contributed by atoms with Crippen molar-refractivity contribution in [1.82, 2.24) is 5.43 Å². The van der Waals surface area contributed by atoms with Crippen LogP contribution >= 0.6 is 11.3 Å². The van der Waals surface area contributed by atoms with Crippen molar-refractivity contribution in [2.24, 2.45) is 5.84 Å². The molecule has 2 nitrogen and oxygen atoms in total. The van der Waals surface area contributed by atoms with Gasteiger partial charge in [0.15, 0.2) is 0 Å². The summed E-state index contributed by atoms with van der Waals surface area (Å²) in [5.41, 5.74) is 4.21. The first kappa shape index (κ1) is 12.4. The fourth-order valence-electron chi connectivity index (χ4n) is 2.33. The molecule has 3 rings (SSSR count). The van der Waals surface area contributed by atoms with Crippen LogP contribution in [-0.2, 0) is 6.42 Å². The maximum Gasteiger partial charge on any atom is 0.0593 e. The Bertz CT molecular complexity index is 661. The van der Waals surface area contributed by atoms with E-state index in [1.54, 1.807) is 11.3 Å². The zero-order valence-electron chi connectivity index (χ0n) is 10.5. The standard InChI is InChI=1S/C16H16N2S/c17-18-15(16-6-3-9-19-16)11-12-7-8-13-4-1-2-5-14(13)10-12/h1-10,15,18H,11,17H2. The first-order valence-electron chi connectivity index (χ1n) is 6.34. The Hall–Kier alpha value is -1.68. The largest absolute Gasteiger partial charge is 0.271 e. The molecule has 0 radical (unpaired) electrons. The van der Waals surface area contributed by atoms with Gasteiger partial charge in [0.2, 0.25) is 0 Å². The normalized spacial score (nSPS) is 12.7. The van der Waals surface area contributed by atoms with Gasteiger partial charge in [-0.15, -0.1) is 11.3 Å². The highest BCUT2D eigenvalue weighted by Gasteiger charge is 2.11. The molecule has 0 saturated carbocycles. The second-order valence-corrected chi connectivity index (χ2v) is 5.60. The first-order chi connectivity index (χ1) is 9.36. The SMILES string of the molecule is NNC(Cc1ccc2ccccc2c1)c1cccs1. The smallest absolute Gasteiger partial charge is 0.0593 e. The van der Waals surface area contributed by atoms with Crippen LogP contribution in [-0.4, -0.2) is 0 Å². The summed E-state index contributed by atoms with van der Waals surface area (Å²) in [6.07, 6.45) is 0.905. The van der Waals surface area contributed by atoms with E-state index >= 15 is 0 Å². The van der Waals surface area contributed by atoms with Crippen molar-refractivity contribution in [1.29, 1.82) is 0 Å². The molecule has 0 amide bonds. The predicted octanol–water partition coefficient (Wildman–Crippen LogP) is 3.65. The van der Waals surface area contributed by atoms with Crippen LogP contribution < -0.4 is 11.3 Å². The average Bonchev–Trinajstić information content (AvgIpc) is 2.98. The van der Waals surface area contributed by atoms with Gasteiger partial charge in [-0.1, -0.05) is 48.5 Å². The Morgan fingerprint density at radius 3 is 2.58 bits per heavy atom. The van der Waals surface area contributed by atoms with Crippen molar-refractivity contribution in [3.8, 4) is 0 Å². The third-order valence-electron chi connectivity index (χ3n) is 3.34. The van der Waals surface area contributed by atoms with Gasteiger partial charge in [-0.25, -0.2) is 0 Å². The number of benzene rings is 2. The van der Waals surface area contributed by atoms with E-state index in [2.05, 4.69) is 65.4 Å². The van der Waals surface area contributed by atoms with Crippen LogP contribution in [0.25, 0.3) is 10.8 Å². The maximum absolute atomic E-state index is 5.68. The lowest BCUT2D eigenvalue weighted by molar-refractivity contribution is 0.561. The molecule has 0 saturated heterocycles. The van der Waals surface area contributed by atoms with Crippen LogP contribution in [0.5, 0.6) is 0 Å². The summed E-state index contributed by atoms with van der Waals surface area (Å²) in [7, 11) is 0. The third-order valence-corrected chi connectivity index (χ3v) is 4.33. The van der Waals surface area contributed by atoms with Gasteiger partial charge in [0, 0.05) is 4.88 Å². The van der Waals surface area contributed by atoms with E-state index < -0.39 is 0 Å². The van der Waals surface area contributed by atoms with E-state index in [4.69, 9.17) is 5.84 Å². The highest BCUT2D eigenvalue weighted by Crippen LogP contribution is 2.24. The number of fused-ring (bicyclic) bond motifs is 1. The van der Waals surface area contributed by atoms with Gasteiger partial charge < -0.3 is 0 Å². The summed E-state index contributed by atoms with van der Waals surface area (Å²) in [5.74, 6) is 5.68. The van der Waals surface area contributed by atoms with Crippen LogP contribution in [0.4, 0.5) is 0 Å². The lowest BCUT2D eigenvalue weighted by atomic mass is 10.0. The lowest BCUT2D eigenvalue weighted by Gasteiger charge is -2.14. The molecule has 3 N–H and O–H groups in total. The second kappa shape index (κ2) is 5.53. The van der Waals surface area contributed by atoms with Gasteiger partial charge in [0.1, 0.15) is 0 Å². The highest BCUT2D eigenvalue weighted by atomic mass is 32.1. The van der Waals surface area contributed by atoms with E-state index in [1.807, 2.05) is 0 Å². The molecule has 2 aromatic carbocycles. The number of hydrogen-bond acceptors (Lipinski definition) is 3. The molecular formula is C16H16N2S. The second-order valence-electron chi connectivity index (χ2n) is 4.62. The molecule has 0 aliphatic heterocycles. The minimum atomic E-state index is 0.182. The molecule has 0 aliphatic carbocycles. The Morgan fingerprint density at radius 1 is 1.00 bits per heavy atom. The zero-order chi connectivity index (χ0) is 13.1. The number of hydrazine groups is 1. The summed E-state index contributed by atoms with van der Waals surface area (Å²) in [6, 6.07) is 19.4. The molecule has 1 unspecified atom stereocenters. The maximum atomic E-state index is 5.68. The van der Waals surface area contributed by atoms with Crippen molar-refractivity contribution >= 4 is 22.1 Å². The quantitative estimate of drug-likeness (QED) is 0.560. The van der Waals surface area contributed by atoms with Crippen molar-refractivity contribution in [3.63, 3.8) is 0 Å². The van der Waals surface area contributed by atoms with Crippen molar-refractivity contribution in [2.75, 3.05) is 0 Å². The van der Waals surface area contributed by atoms with Crippen molar-refractivity contribution in [2.45, 2.75) is 12.5 Å². The Morgan fingerprint density at radius 2 is 1.84 bits per heavy atom. The zero-order valence-corrected chi connectivity index (χ0v) is 11.4. The number of hydrogen-bond donors (Lipinski definition) is 2. The van der Waals surface area contributed by atoms with Crippen LogP contribution in [0.3, 0.4) is 0 Å². The molecule has 1 atom stereocenters. The van der Waals surface area contributed by atoms with Crippen molar-refractivity contribution < 1.29 is 0 Å². The van der Waals surface area contributed by atoms with E-state index in [9.17, 15) is 0 Å². The summed E-state index contributed by atoms with van der Waals surface area (Å²) in [4.78, 5) is 1.27. The molecular weight excluding hydrogens is 252 g/mol. The number of nitrogens with one attached hydrogen (secondary N) is 1. The van der Waals surface area contributed by atoms with E-state index in [0.29, 0.717) is 0 Å². The van der Waals surface area contributed by atoms with Gasteiger partial charge in [-0.3, -0.25) is 11.3 Å². The molecule has 0 spiro atoms. The summed E-state index contributed by atoms with van der Waals surface area (Å²) in [6.45, 7) is 0. The number of thiophene rings is 1. The fraction of sp³-hybridized carbons (Fsp3) is 0.125. The van der Waals surface area contributed by atoms with Crippen LogP contribution in [0.1, 0.15) is 16.5 Å². The summed E-state index contributed by atoms with van der Waals surface area (Å²) in [5, 5.41) is 4.64. The van der Waals surface area contributed by atoms with Gasteiger partial charge in [0.05, 0.1) is 6.04 Å². The highest BCUT2D eigenvalue weighted by molar-refractivity contribution is 7.10. The van der Waals surface area contributed by atoms with Gasteiger partial charge in [-0.2, -0.15) is 0 Å². The van der Waals surface area contributed by atoms with Crippen LogP contribution in [0, 0.1) is 0 Å². The van der Waals surface area contributed by atoms with E-state index in [1.165, 1.54) is 21.2 Å². The molecule has 96 valence electrons. The molecule has 0 fully saturated rings. The van der Waals surface area contributed by atoms with E-state index in [-0.39, 0.29) is 6.04 Å². The minimum absolute atomic E-state index is 0.182. The predicted molar refractivity (Wildman–Crippen MR) is 82.0 cm³/mol. The Labute approximate surface area is 116 Å². The average molecular weight is 268 g/mol. The molecule has 3 aromatic rings. The Balaban J connectivity index is 1.88. The van der Waals surface area contributed by atoms with Crippen LogP contribution in [0.2, 0.25) is 0 Å². The molecule has 3 heteroatoms.